The van der Waals surface area contributed by atoms with Crippen LogP contribution in [-0.2, 0) is 20.5 Å². The lowest BCUT2D eigenvalue weighted by molar-refractivity contribution is -0.132. The molecule has 8 nitrogen and oxygen atoms in total. The Morgan fingerprint density at radius 3 is 2.39 bits per heavy atom. The van der Waals surface area contributed by atoms with Crippen LogP contribution in [0.5, 0.6) is 11.5 Å². The van der Waals surface area contributed by atoms with E-state index in [1.54, 1.807) is 36.4 Å². The number of hydrogen-bond donors (Lipinski definition) is 1. The van der Waals surface area contributed by atoms with Crippen molar-refractivity contribution in [3.8, 4) is 11.5 Å². The Balaban J connectivity index is 1.74. The van der Waals surface area contributed by atoms with Gasteiger partial charge in [-0.2, -0.15) is 21.6 Å². The van der Waals surface area contributed by atoms with Crippen LogP contribution in [0, 0.1) is 5.92 Å². The van der Waals surface area contributed by atoms with Gasteiger partial charge in [0.25, 0.3) is 5.91 Å². The van der Waals surface area contributed by atoms with Crippen LogP contribution in [0.1, 0.15) is 17.5 Å². The van der Waals surface area contributed by atoms with Gasteiger partial charge >= 0.3 is 15.6 Å². The van der Waals surface area contributed by atoms with Gasteiger partial charge < -0.3 is 14.7 Å². The molecule has 190 valence electrons. The molecule has 0 saturated heterocycles. The summed E-state index contributed by atoms with van der Waals surface area (Å²) in [5.74, 6) is -1.25. The number of methoxy groups -OCH3 is 1. The second-order valence-corrected chi connectivity index (χ2v) is 9.77. The van der Waals surface area contributed by atoms with Gasteiger partial charge in [0.2, 0.25) is 0 Å². The highest BCUT2D eigenvalue weighted by atomic mass is 32.2. The third-order valence-corrected chi connectivity index (χ3v) is 7.05. The molecule has 2 aromatic carbocycles. The van der Waals surface area contributed by atoms with E-state index in [-0.39, 0.29) is 24.0 Å². The van der Waals surface area contributed by atoms with Crippen LogP contribution in [0.4, 0.5) is 13.2 Å². The summed E-state index contributed by atoms with van der Waals surface area (Å²) in [4.78, 5) is 19.3. The third kappa shape index (κ3) is 4.32. The molecule has 0 spiro atoms. The predicted octanol–water partition coefficient (Wildman–Crippen LogP) is 3.57. The second kappa shape index (κ2) is 9.01. The first-order valence-corrected chi connectivity index (χ1v) is 12.1. The number of amides is 1. The molecule has 0 fully saturated rings. The Hall–Kier alpha value is -3.80. The number of ether oxygens (including phenoxy) is 1. The Morgan fingerprint density at radius 2 is 1.81 bits per heavy atom. The molecule has 2 aromatic rings. The van der Waals surface area contributed by atoms with Crippen LogP contribution in [0.25, 0.3) is 5.57 Å². The molecule has 4 rings (SSSR count). The van der Waals surface area contributed by atoms with Gasteiger partial charge in [-0.1, -0.05) is 48.6 Å². The first-order valence-electron chi connectivity index (χ1n) is 10.7. The molecule has 2 atom stereocenters. The Morgan fingerprint density at radius 1 is 1.14 bits per heavy atom. The van der Waals surface area contributed by atoms with Gasteiger partial charge in [-0.15, -0.1) is 0 Å². The zero-order valence-corrected chi connectivity index (χ0v) is 20.0. The average Bonchev–Trinajstić information content (AvgIpc) is 3.08. The topological polar surface area (TPSA) is 111 Å². The molecule has 0 bridgehead atoms. The summed E-state index contributed by atoms with van der Waals surface area (Å²) in [6.45, 7) is 0. The van der Waals surface area contributed by atoms with Crippen LogP contribution >= 0.6 is 0 Å². The molecule has 1 aliphatic carbocycles. The lowest BCUT2D eigenvalue weighted by Gasteiger charge is -2.34. The number of alkyl halides is 3. The summed E-state index contributed by atoms with van der Waals surface area (Å²) in [6, 6.07) is 12.7. The van der Waals surface area contributed by atoms with E-state index < -0.39 is 32.8 Å². The number of halogens is 3. The SMILES string of the molecule is COc1cc(OS(=O)(=O)C(F)(F)F)cc(C2=CC=CC(C3(c4ccccc4)N=C(N)N(C)C3=O)C2)c1. The van der Waals surface area contributed by atoms with Crippen molar-refractivity contribution < 1.29 is 35.3 Å². The minimum absolute atomic E-state index is 0.0581. The van der Waals surface area contributed by atoms with E-state index in [4.69, 9.17) is 10.5 Å². The van der Waals surface area contributed by atoms with E-state index in [1.165, 1.54) is 31.2 Å². The number of rotatable bonds is 6. The van der Waals surface area contributed by atoms with E-state index >= 15 is 0 Å². The molecule has 36 heavy (non-hydrogen) atoms. The highest BCUT2D eigenvalue weighted by Gasteiger charge is 2.53. The number of hydrogen-bond acceptors (Lipinski definition) is 7. The summed E-state index contributed by atoms with van der Waals surface area (Å²) in [5, 5.41) is 0. The van der Waals surface area contributed by atoms with E-state index in [1.807, 2.05) is 12.1 Å². The number of nitrogens with two attached hydrogens (primary N) is 1. The highest BCUT2D eigenvalue weighted by molar-refractivity contribution is 7.88. The Labute approximate surface area is 205 Å². The third-order valence-electron chi connectivity index (χ3n) is 6.07. The van der Waals surface area contributed by atoms with Crippen LogP contribution < -0.4 is 14.7 Å². The number of nitrogens with zero attached hydrogens (tertiary/aromatic N) is 2. The fourth-order valence-corrected chi connectivity index (χ4v) is 4.72. The van der Waals surface area contributed by atoms with Gasteiger partial charge in [-0.05, 0) is 35.3 Å². The molecule has 0 saturated carbocycles. The summed E-state index contributed by atoms with van der Waals surface area (Å²) < 4.78 is 71.2. The summed E-state index contributed by atoms with van der Waals surface area (Å²) in [5.41, 5.74) is 0.657. The van der Waals surface area contributed by atoms with Gasteiger partial charge in [0.15, 0.2) is 11.5 Å². The fourth-order valence-electron chi connectivity index (χ4n) is 4.28. The Kier molecular flexibility index (Phi) is 6.33. The molecule has 0 radical (unpaired) electrons. The molecule has 1 heterocycles. The molecule has 0 aromatic heterocycles. The van der Waals surface area contributed by atoms with Crippen molar-refractivity contribution in [2.45, 2.75) is 17.5 Å². The van der Waals surface area contributed by atoms with Crippen LogP contribution in [-0.4, -0.2) is 44.9 Å². The number of likely N-dealkylation sites (N-methyl/N-ethyl adjacent to an activating group) is 1. The van der Waals surface area contributed by atoms with Crippen LogP contribution in [0.15, 0.2) is 71.8 Å². The Bertz CT molecular complexity index is 1390. The van der Waals surface area contributed by atoms with Crippen LogP contribution in [0.2, 0.25) is 0 Å². The maximum absolute atomic E-state index is 13.5. The van der Waals surface area contributed by atoms with Gasteiger partial charge in [-0.3, -0.25) is 9.69 Å². The van der Waals surface area contributed by atoms with E-state index in [9.17, 15) is 26.4 Å². The number of allylic oxidation sites excluding steroid dienone is 3. The number of carbonyl (C=O) groups excluding carboxylic acids is 1. The molecule has 2 aliphatic rings. The standard InChI is InChI=1S/C24H22F3N3O5S/c1-30-21(31)23(29-22(30)28,17-8-4-3-5-9-17)18-10-6-7-15(11-18)16-12-19(34-2)14-20(13-16)35-36(32,33)24(25,26)27/h3-10,12-14,18H,11H2,1-2H3,(H2,28,29). The minimum Gasteiger partial charge on any atom is -0.497 e. The zero-order chi connectivity index (χ0) is 26.3. The predicted molar refractivity (Wildman–Crippen MR) is 126 cm³/mol. The molecule has 2 N–H and O–H groups in total. The first-order chi connectivity index (χ1) is 16.9. The molecular formula is C24H22F3N3O5S. The monoisotopic (exact) mass is 521 g/mol. The first kappa shape index (κ1) is 25.3. The van der Waals surface area contributed by atoms with E-state index in [0.717, 1.165) is 6.07 Å². The van der Waals surface area contributed by atoms with Crippen molar-refractivity contribution in [2.24, 2.45) is 16.6 Å². The number of carbonyl (C=O) groups is 1. The normalized spacial score (nSPS) is 22.3. The molecule has 1 aliphatic heterocycles. The zero-order valence-electron chi connectivity index (χ0n) is 19.2. The summed E-state index contributed by atoms with van der Waals surface area (Å²) >= 11 is 0. The quantitative estimate of drug-likeness (QED) is 0.460. The summed E-state index contributed by atoms with van der Waals surface area (Å²) in [7, 11) is -3.07. The van der Waals surface area contributed by atoms with E-state index in [0.29, 0.717) is 16.7 Å². The van der Waals surface area contributed by atoms with E-state index in [2.05, 4.69) is 9.18 Å². The van der Waals surface area contributed by atoms with Crippen molar-refractivity contribution in [3.63, 3.8) is 0 Å². The maximum atomic E-state index is 13.5. The molecule has 12 heteroatoms. The van der Waals surface area contributed by atoms with Gasteiger partial charge in [0, 0.05) is 19.0 Å². The number of aliphatic imine (C=N–C) groups is 1. The highest BCUT2D eigenvalue weighted by Crippen LogP contribution is 2.46. The van der Waals surface area contributed by atoms with Crippen LogP contribution in [0.3, 0.4) is 0 Å². The summed E-state index contributed by atoms with van der Waals surface area (Å²) in [6.07, 6.45) is 5.47. The van der Waals surface area contributed by atoms with Crippen molar-refractivity contribution in [3.05, 3.63) is 77.9 Å². The second-order valence-electron chi connectivity index (χ2n) is 8.23. The fraction of sp³-hybridized carbons (Fsp3) is 0.250. The maximum Gasteiger partial charge on any atom is 0.534 e. The molecule has 1 amide bonds. The smallest absolute Gasteiger partial charge is 0.497 e. The largest absolute Gasteiger partial charge is 0.534 e. The van der Waals surface area contributed by atoms with Crippen molar-refractivity contribution in [2.75, 3.05) is 14.2 Å². The minimum atomic E-state index is -5.88. The number of guanidine groups is 1. The molecular weight excluding hydrogens is 499 g/mol. The van der Waals surface area contributed by atoms with Gasteiger partial charge in [-0.25, -0.2) is 4.99 Å². The lowest BCUT2D eigenvalue weighted by Crippen LogP contribution is -2.44. The van der Waals surface area contributed by atoms with Gasteiger partial charge in [0.05, 0.1) is 7.11 Å². The number of benzene rings is 2. The van der Waals surface area contributed by atoms with Crippen molar-refractivity contribution in [1.29, 1.82) is 0 Å². The molecule has 2 unspecified atom stereocenters. The average molecular weight is 522 g/mol. The van der Waals surface area contributed by atoms with Gasteiger partial charge in [0.1, 0.15) is 11.5 Å². The van der Waals surface area contributed by atoms with Crippen molar-refractivity contribution in [1.82, 2.24) is 4.90 Å². The van der Waals surface area contributed by atoms with Crippen molar-refractivity contribution >= 4 is 27.6 Å². The lowest BCUT2D eigenvalue weighted by atomic mass is 9.72.